The van der Waals surface area contributed by atoms with E-state index >= 15 is 0 Å². The van der Waals surface area contributed by atoms with Gasteiger partial charge in [0.15, 0.2) is 6.39 Å². The van der Waals surface area contributed by atoms with Gasteiger partial charge in [-0.3, -0.25) is 4.79 Å². The third-order valence-electron chi connectivity index (χ3n) is 0.675. The van der Waals surface area contributed by atoms with Crippen LogP contribution in [0.25, 0.3) is 0 Å². The zero-order valence-electron chi connectivity index (χ0n) is 4.81. The highest BCUT2D eigenvalue weighted by molar-refractivity contribution is 5.89. The lowest BCUT2D eigenvalue weighted by atomic mass is 10.5. The van der Waals surface area contributed by atoms with Gasteiger partial charge in [-0.05, 0) is 0 Å². The van der Waals surface area contributed by atoms with Crippen LogP contribution in [-0.2, 0) is 0 Å². The van der Waals surface area contributed by atoms with Gasteiger partial charge in [0.05, 0.1) is 6.20 Å². The molecular weight excluding hydrogens is 179 g/mol. The van der Waals surface area contributed by atoms with Crippen LogP contribution in [0.15, 0.2) is 17.0 Å². The van der Waals surface area contributed by atoms with Gasteiger partial charge in [-0.25, -0.2) is 4.98 Å². The van der Waals surface area contributed by atoms with Crippen LogP contribution in [-0.4, -0.2) is 10.9 Å². The van der Waals surface area contributed by atoms with Gasteiger partial charge in [0, 0.05) is 0 Å². The summed E-state index contributed by atoms with van der Waals surface area (Å²) in [5, 5.41) is 0. The molecule has 0 bridgehead atoms. The summed E-state index contributed by atoms with van der Waals surface area (Å²) in [5.41, 5.74) is 4.79. The number of hydrogen-bond acceptors (Lipinski definition) is 3. The Hall–Kier alpha value is -0.740. The van der Waals surface area contributed by atoms with Gasteiger partial charge in [-0.1, -0.05) is 0 Å². The van der Waals surface area contributed by atoms with Gasteiger partial charge >= 0.3 is 0 Å². The molecule has 58 valence electrons. The molecular formula is C4H6Cl2N2O2. The van der Waals surface area contributed by atoms with E-state index in [4.69, 9.17) is 5.73 Å². The van der Waals surface area contributed by atoms with Gasteiger partial charge < -0.3 is 10.2 Å². The molecule has 0 aliphatic carbocycles. The number of nitrogens with two attached hydrogens (primary N) is 1. The maximum Gasteiger partial charge on any atom is 0.286 e. The van der Waals surface area contributed by atoms with Crippen LogP contribution in [0.1, 0.15) is 10.6 Å². The Bertz CT molecular complexity index is 187. The number of hydrogen-bond donors (Lipinski definition) is 1. The summed E-state index contributed by atoms with van der Waals surface area (Å²) in [6.07, 6.45) is 2.42. The van der Waals surface area contributed by atoms with Crippen LogP contribution in [0.2, 0.25) is 0 Å². The Labute approximate surface area is 69.6 Å². The van der Waals surface area contributed by atoms with Crippen molar-refractivity contribution in [3.8, 4) is 0 Å². The van der Waals surface area contributed by atoms with E-state index in [9.17, 15) is 4.79 Å². The van der Waals surface area contributed by atoms with E-state index in [0.29, 0.717) is 0 Å². The number of oxazole rings is 1. The van der Waals surface area contributed by atoms with Crippen LogP contribution in [0.3, 0.4) is 0 Å². The summed E-state index contributed by atoms with van der Waals surface area (Å²) in [4.78, 5) is 13.6. The Kier molecular flexibility index (Phi) is 6.09. The smallest absolute Gasteiger partial charge is 0.286 e. The quantitative estimate of drug-likeness (QED) is 0.696. The molecule has 1 aromatic heterocycles. The lowest BCUT2D eigenvalue weighted by Crippen LogP contribution is -2.09. The average Bonchev–Trinajstić information content (AvgIpc) is 2.12. The van der Waals surface area contributed by atoms with Crippen molar-refractivity contribution in [2.75, 3.05) is 0 Å². The van der Waals surface area contributed by atoms with Crippen LogP contribution >= 0.6 is 24.8 Å². The minimum Gasteiger partial charge on any atom is -0.438 e. The number of rotatable bonds is 1. The highest BCUT2D eigenvalue weighted by Gasteiger charge is 2.00. The molecule has 0 spiro atoms. The van der Waals surface area contributed by atoms with Crippen molar-refractivity contribution in [3.63, 3.8) is 0 Å². The van der Waals surface area contributed by atoms with Gasteiger partial charge in [0.2, 0.25) is 5.76 Å². The van der Waals surface area contributed by atoms with Gasteiger partial charge in [0.1, 0.15) is 0 Å². The molecule has 0 unspecified atom stereocenters. The summed E-state index contributed by atoms with van der Waals surface area (Å²) in [6, 6.07) is 0. The predicted octanol–water partition coefficient (Wildman–Crippen LogP) is 0.617. The minimum atomic E-state index is -0.595. The number of amides is 1. The van der Waals surface area contributed by atoms with Crippen molar-refractivity contribution < 1.29 is 9.21 Å². The second-order valence-electron chi connectivity index (χ2n) is 1.23. The molecule has 6 heteroatoms. The molecule has 0 aliphatic heterocycles. The predicted molar refractivity (Wildman–Crippen MR) is 39.5 cm³/mol. The van der Waals surface area contributed by atoms with Crippen molar-refractivity contribution in [2.45, 2.75) is 0 Å². The summed E-state index contributed by atoms with van der Waals surface area (Å²) in [5.74, 6) is -0.507. The van der Waals surface area contributed by atoms with E-state index in [1.165, 1.54) is 6.20 Å². The summed E-state index contributed by atoms with van der Waals surface area (Å²) in [6.45, 7) is 0. The first kappa shape index (κ1) is 12.0. The van der Waals surface area contributed by atoms with E-state index in [-0.39, 0.29) is 30.6 Å². The topological polar surface area (TPSA) is 69.1 Å². The number of aromatic nitrogens is 1. The SMILES string of the molecule is Cl.Cl.NC(=O)c1cnco1. The zero-order valence-corrected chi connectivity index (χ0v) is 6.45. The summed E-state index contributed by atoms with van der Waals surface area (Å²) < 4.78 is 4.51. The second kappa shape index (κ2) is 5.08. The van der Waals surface area contributed by atoms with Gasteiger partial charge in [-0.15, -0.1) is 24.8 Å². The molecule has 0 radical (unpaired) electrons. The van der Waals surface area contributed by atoms with Crippen molar-refractivity contribution >= 4 is 30.7 Å². The lowest BCUT2D eigenvalue weighted by molar-refractivity contribution is 0.0974. The molecule has 2 N–H and O–H groups in total. The molecule has 0 aromatic carbocycles. The Morgan fingerprint density at radius 3 is 2.40 bits per heavy atom. The van der Waals surface area contributed by atoms with Crippen molar-refractivity contribution in [1.82, 2.24) is 4.98 Å². The molecule has 0 aliphatic rings. The third-order valence-corrected chi connectivity index (χ3v) is 0.675. The van der Waals surface area contributed by atoms with Gasteiger partial charge in [0.25, 0.3) is 5.91 Å². The molecule has 0 fully saturated rings. The second-order valence-corrected chi connectivity index (χ2v) is 1.23. The lowest BCUT2D eigenvalue weighted by Gasteiger charge is -1.78. The molecule has 0 saturated carbocycles. The first-order valence-corrected chi connectivity index (χ1v) is 1.99. The molecule has 10 heavy (non-hydrogen) atoms. The van der Waals surface area contributed by atoms with E-state index in [1.54, 1.807) is 0 Å². The average molecular weight is 185 g/mol. The van der Waals surface area contributed by atoms with E-state index in [2.05, 4.69) is 9.40 Å². The van der Waals surface area contributed by atoms with Crippen LogP contribution in [0.4, 0.5) is 0 Å². The van der Waals surface area contributed by atoms with Crippen LogP contribution in [0, 0.1) is 0 Å². The maximum absolute atomic E-state index is 10.2. The van der Waals surface area contributed by atoms with Gasteiger partial charge in [-0.2, -0.15) is 0 Å². The molecule has 0 saturated heterocycles. The number of halogens is 2. The molecule has 4 nitrogen and oxygen atoms in total. The zero-order chi connectivity index (χ0) is 5.98. The van der Waals surface area contributed by atoms with Crippen LogP contribution in [0.5, 0.6) is 0 Å². The van der Waals surface area contributed by atoms with E-state index < -0.39 is 5.91 Å². The molecule has 1 heterocycles. The molecule has 1 aromatic rings. The Balaban J connectivity index is 0. The fourth-order valence-electron chi connectivity index (χ4n) is 0.337. The number of nitrogens with zero attached hydrogens (tertiary/aromatic N) is 1. The molecule has 0 atom stereocenters. The highest BCUT2D eigenvalue weighted by Crippen LogP contribution is 1.91. The fourth-order valence-corrected chi connectivity index (χ4v) is 0.337. The monoisotopic (exact) mass is 184 g/mol. The molecule has 1 rings (SSSR count). The number of carbonyl (C=O) groups excluding carboxylic acids is 1. The fraction of sp³-hybridized carbons (Fsp3) is 0. The maximum atomic E-state index is 10.2. The summed E-state index contributed by atoms with van der Waals surface area (Å²) >= 11 is 0. The number of primary amides is 1. The summed E-state index contributed by atoms with van der Waals surface area (Å²) in [7, 11) is 0. The van der Waals surface area contributed by atoms with Crippen molar-refractivity contribution in [2.24, 2.45) is 5.73 Å². The largest absolute Gasteiger partial charge is 0.438 e. The third kappa shape index (κ3) is 2.70. The normalized spacial score (nSPS) is 7.20. The molecule has 1 amide bonds. The van der Waals surface area contributed by atoms with Crippen LogP contribution < -0.4 is 5.73 Å². The van der Waals surface area contributed by atoms with Crippen molar-refractivity contribution in [3.05, 3.63) is 18.4 Å². The Morgan fingerprint density at radius 1 is 1.60 bits per heavy atom. The van der Waals surface area contributed by atoms with E-state index in [0.717, 1.165) is 6.39 Å². The standard InChI is InChI=1S/C4H4N2O2.2ClH/c5-4(7)3-1-6-2-8-3;;/h1-2H,(H2,5,7);2*1H. The van der Waals surface area contributed by atoms with Crippen molar-refractivity contribution in [1.29, 1.82) is 0 Å². The van der Waals surface area contributed by atoms with E-state index in [1.807, 2.05) is 0 Å². The first-order chi connectivity index (χ1) is 3.80. The number of carbonyl (C=O) groups is 1. The minimum absolute atomic E-state index is 0. The highest BCUT2D eigenvalue weighted by atomic mass is 35.5. The Morgan fingerprint density at radius 2 is 2.20 bits per heavy atom. The first-order valence-electron chi connectivity index (χ1n) is 1.99.